The molecule has 0 fully saturated rings. The highest BCUT2D eigenvalue weighted by atomic mass is 16.5. The van der Waals surface area contributed by atoms with E-state index in [2.05, 4.69) is 15.7 Å². The van der Waals surface area contributed by atoms with Gasteiger partial charge in [0.1, 0.15) is 17.1 Å². The van der Waals surface area contributed by atoms with Crippen LogP contribution in [0.1, 0.15) is 41.2 Å². The second-order valence-electron chi connectivity index (χ2n) is 7.90. The summed E-state index contributed by atoms with van der Waals surface area (Å²) in [6.45, 7) is 8.25. The topological polar surface area (TPSA) is 81.3 Å². The van der Waals surface area contributed by atoms with Crippen molar-refractivity contribution in [3.63, 3.8) is 0 Å². The fourth-order valence-corrected chi connectivity index (χ4v) is 3.99. The Hall–Kier alpha value is -3.74. The molecule has 32 heavy (non-hydrogen) atoms. The minimum atomic E-state index is -0.289. The lowest BCUT2D eigenvalue weighted by Gasteiger charge is -2.14. The summed E-state index contributed by atoms with van der Waals surface area (Å²) < 4.78 is 13.2. The van der Waals surface area contributed by atoms with Crippen molar-refractivity contribution in [1.29, 1.82) is 0 Å². The van der Waals surface area contributed by atoms with Gasteiger partial charge in [-0.05, 0) is 58.0 Å². The number of furan rings is 1. The fourth-order valence-electron chi connectivity index (χ4n) is 3.99. The number of methoxy groups -OCH3 is 1. The first-order valence-corrected chi connectivity index (χ1v) is 10.6. The highest BCUT2D eigenvalue weighted by Crippen LogP contribution is 2.31. The maximum Gasteiger partial charge on any atom is 0.315 e. The predicted molar refractivity (Wildman–Crippen MR) is 124 cm³/mol. The summed E-state index contributed by atoms with van der Waals surface area (Å²) in [5, 5.41) is 11.5. The molecule has 4 aromatic rings. The number of ether oxygens (including phenoxy) is 1. The lowest BCUT2D eigenvalue weighted by atomic mass is 10.1. The molecule has 0 bridgehead atoms. The Morgan fingerprint density at radius 2 is 1.91 bits per heavy atom. The van der Waals surface area contributed by atoms with Crippen molar-refractivity contribution >= 4 is 17.0 Å². The lowest BCUT2D eigenvalue weighted by molar-refractivity contribution is 0.236. The van der Waals surface area contributed by atoms with Crippen molar-refractivity contribution in [3.05, 3.63) is 76.8 Å². The molecule has 1 unspecified atom stereocenters. The molecule has 0 aliphatic carbocycles. The SMILES string of the molecule is COc1ccc2oc(C(C)NC(=O)NCc3c(C)nn(-c4ccccc4)c3C)c(C)c2c1. The van der Waals surface area contributed by atoms with Crippen molar-refractivity contribution in [2.75, 3.05) is 7.11 Å². The molecular formula is C25H28N4O3. The molecule has 2 aromatic carbocycles. The van der Waals surface area contributed by atoms with Crippen LogP contribution in [0, 0.1) is 20.8 Å². The highest BCUT2D eigenvalue weighted by Gasteiger charge is 2.20. The zero-order valence-electron chi connectivity index (χ0n) is 19.0. The third-order valence-electron chi connectivity index (χ3n) is 5.79. The summed E-state index contributed by atoms with van der Waals surface area (Å²) in [4.78, 5) is 12.6. The van der Waals surface area contributed by atoms with Gasteiger partial charge in [0.15, 0.2) is 0 Å². The maximum atomic E-state index is 12.6. The van der Waals surface area contributed by atoms with Gasteiger partial charge in [-0.1, -0.05) is 18.2 Å². The minimum absolute atomic E-state index is 0.263. The average molecular weight is 433 g/mol. The summed E-state index contributed by atoms with van der Waals surface area (Å²) >= 11 is 0. The fraction of sp³-hybridized carbons (Fsp3) is 0.280. The van der Waals surface area contributed by atoms with E-state index in [9.17, 15) is 4.79 Å². The van der Waals surface area contributed by atoms with Gasteiger partial charge in [-0.2, -0.15) is 5.10 Å². The van der Waals surface area contributed by atoms with Crippen LogP contribution < -0.4 is 15.4 Å². The zero-order valence-corrected chi connectivity index (χ0v) is 19.0. The van der Waals surface area contributed by atoms with Crippen LogP contribution in [-0.4, -0.2) is 22.9 Å². The third-order valence-corrected chi connectivity index (χ3v) is 5.79. The van der Waals surface area contributed by atoms with Crippen molar-refractivity contribution in [2.24, 2.45) is 0 Å². The molecule has 0 aliphatic rings. The molecule has 0 aliphatic heterocycles. The van der Waals surface area contributed by atoms with E-state index < -0.39 is 0 Å². The largest absolute Gasteiger partial charge is 0.497 e. The van der Waals surface area contributed by atoms with Gasteiger partial charge in [0, 0.05) is 28.8 Å². The van der Waals surface area contributed by atoms with Crippen LogP contribution in [0.4, 0.5) is 4.79 Å². The number of aromatic nitrogens is 2. The van der Waals surface area contributed by atoms with E-state index in [-0.39, 0.29) is 12.1 Å². The van der Waals surface area contributed by atoms with E-state index in [0.717, 1.165) is 50.7 Å². The van der Waals surface area contributed by atoms with Gasteiger partial charge < -0.3 is 19.8 Å². The molecule has 166 valence electrons. The zero-order chi connectivity index (χ0) is 22.8. The van der Waals surface area contributed by atoms with Crippen molar-refractivity contribution in [2.45, 2.75) is 40.3 Å². The highest BCUT2D eigenvalue weighted by molar-refractivity contribution is 5.84. The molecule has 7 heteroatoms. The first kappa shape index (κ1) is 21.5. The quantitative estimate of drug-likeness (QED) is 0.443. The van der Waals surface area contributed by atoms with Gasteiger partial charge in [0.25, 0.3) is 0 Å². The van der Waals surface area contributed by atoms with Crippen LogP contribution >= 0.6 is 0 Å². The Bertz CT molecular complexity index is 1260. The van der Waals surface area contributed by atoms with Crippen LogP contribution in [0.3, 0.4) is 0 Å². The molecule has 2 aromatic heterocycles. The maximum absolute atomic E-state index is 12.6. The molecule has 0 spiro atoms. The molecule has 0 saturated carbocycles. The average Bonchev–Trinajstić information content (AvgIpc) is 3.28. The van der Waals surface area contributed by atoms with E-state index in [4.69, 9.17) is 9.15 Å². The Balaban J connectivity index is 1.44. The molecule has 2 heterocycles. The van der Waals surface area contributed by atoms with E-state index in [1.807, 2.05) is 80.9 Å². The molecular weight excluding hydrogens is 404 g/mol. The van der Waals surface area contributed by atoms with Crippen molar-refractivity contribution in [1.82, 2.24) is 20.4 Å². The number of benzene rings is 2. The third kappa shape index (κ3) is 4.06. The molecule has 7 nitrogen and oxygen atoms in total. The van der Waals surface area contributed by atoms with Crippen molar-refractivity contribution in [3.8, 4) is 11.4 Å². The number of aryl methyl sites for hydroxylation is 2. The van der Waals surface area contributed by atoms with E-state index in [1.165, 1.54) is 0 Å². The molecule has 0 saturated heterocycles. The number of amides is 2. The minimum Gasteiger partial charge on any atom is -0.497 e. The number of hydrogen-bond acceptors (Lipinski definition) is 4. The first-order valence-electron chi connectivity index (χ1n) is 10.6. The Labute approximate surface area is 187 Å². The Kier molecular flexibility index (Phi) is 5.90. The number of carbonyl (C=O) groups excluding carboxylic acids is 1. The van der Waals surface area contributed by atoms with Crippen LogP contribution in [0.25, 0.3) is 16.7 Å². The number of nitrogens with one attached hydrogen (secondary N) is 2. The van der Waals surface area contributed by atoms with Gasteiger partial charge in [0.2, 0.25) is 0 Å². The van der Waals surface area contributed by atoms with Crippen LogP contribution in [0.2, 0.25) is 0 Å². The van der Waals surface area contributed by atoms with Crippen molar-refractivity contribution < 1.29 is 13.9 Å². The number of carbonyl (C=O) groups is 1. The molecule has 0 radical (unpaired) electrons. The monoisotopic (exact) mass is 432 g/mol. The second-order valence-corrected chi connectivity index (χ2v) is 7.90. The van der Waals surface area contributed by atoms with Crippen LogP contribution in [-0.2, 0) is 6.54 Å². The number of rotatable bonds is 6. The number of para-hydroxylation sites is 1. The normalized spacial score (nSPS) is 12.0. The van der Waals surface area contributed by atoms with Crippen LogP contribution in [0.5, 0.6) is 5.75 Å². The molecule has 4 rings (SSSR count). The summed E-state index contributed by atoms with van der Waals surface area (Å²) in [6.07, 6.45) is 0. The van der Waals surface area contributed by atoms with Crippen LogP contribution in [0.15, 0.2) is 52.9 Å². The van der Waals surface area contributed by atoms with Gasteiger partial charge in [-0.25, -0.2) is 9.48 Å². The van der Waals surface area contributed by atoms with Gasteiger partial charge >= 0.3 is 6.03 Å². The van der Waals surface area contributed by atoms with E-state index in [0.29, 0.717) is 6.54 Å². The smallest absolute Gasteiger partial charge is 0.315 e. The second kappa shape index (κ2) is 8.78. The van der Waals surface area contributed by atoms with E-state index in [1.54, 1.807) is 7.11 Å². The predicted octanol–water partition coefficient (Wildman–Crippen LogP) is 5.11. The Morgan fingerprint density at radius 1 is 1.16 bits per heavy atom. The molecule has 2 amide bonds. The summed E-state index contributed by atoms with van der Waals surface area (Å²) in [5.74, 6) is 1.50. The standard InChI is InChI=1S/C25H28N4O3/c1-15-21-13-20(31-5)11-12-23(21)32-24(15)17(3)27-25(30)26-14-22-16(2)28-29(18(22)4)19-9-7-6-8-10-19/h6-13,17H,14H2,1-5H3,(H2,26,27,30). The number of urea groups is 1. The first-order chi connectivity index (χ1) is 15.4. The Morgan fingerprint density at radius 3 is 2.62 bits per heavy atom. The van der Waals surface area contributed by atoms with Gasteiger partial charge in [-0.15, -0.1) is 0 Å². The summed E-state index contributed by atoms with van der Waals surface area (Å²) in [5.41, 5.74) is 5.65. The number of hydrogen-bond donors (Lipinski definition) is 2. The van der Waals surface area contributed by atoms with E-state index >= 15 is 0 Å². The lowest BCUT2D eigenvalue weighted by Crippen LogP contribution is -2.36. The van der Waals surface area contributed by atoms with Gasteiger partial charge in [0.05, 0.1) is 24.5 Å². The number of nitrogens with zero attached hydrogens (tertiary/aromatic N) is 2. The molecule has 2 N–H and O–H groups in total. The van der Waals surface area contributed by atoms with Gasteiger partial charge in [-0.3, -0.25) is 0 Å². The molecule has 1 atom stereocenters. The summed E-state index contributed by atoms with van der Waals surface area (Å²) in [7, 11) is 1.64. The number of fused-ring (bicyclic) bond motifs is 1. The summed E-state index contributed by atoms with van der Waals surface area (Å²) in [6, 6.07) is 15.1.